The normalized spacial score (nSPS) is 24.2. The fraction of sp³-hybridized carbons (Fsp3) is 0.435. The van der Waals surface area contributed by atoms with Crippen LogP contribution in [-0.2, 0) is 21.7 Å². The van der Waals surface area contributed by atoms with E-state index in [0.29, 0.717) is 29.5 Å². The molecular weight excluding hydrogens is 465 g/mol. The van der Waals surface area contributed by atoms with Crippen molar-refractivity contribution >= 4 is 9.84 Å². The van der Waals surface area contributed by atoms with Gasteiger partial charge in [-0.25, -0.2) is 17.2 Å². The van der Waals surface area contributed by atoms with Gasteiger partial charge in [0.2, 0.25) is 0 Å². The number of nitriles is 1. The Labute approximate surface area is 187 Å². The molecule has 0 amide bonds. The maximum atomic E-state index is 14.5. The lowest BCUT2D eigenvalue weighted by Crippen LogP contribution is -2.29. The summed E-state index contributed by atoms with van der Waals surface area (Å²) in [5.74, 6) is -1.20. The number of aliphatic hydroxyl groups is 1. The van der Waals surface area contributed by atoms with E-state index in [-0.39, 0.29) is 11.1 Å². The van der Waals surface area contributed by atoms with E-state index in [1.54, 1.807) is 0 Å². The number of aliphatic hydroxyl groups excluding tert-OH is 1. The van der Waals surface area contributed by atoms with E-state index in [4.69, 9.17) is 0 Å². The lowest BCUT2D eigenvalue weighted by molar-refractivity contribution is -0.0437. The Bertz CT molecular complexity index is 1290. The van der Waals surface area contributed by atoms with Crippen molar-refractivity contribution in [3.63, 3.8) is 0 Å². The Morgan fingerprint density at radius 2 is 1.85 bits per heavy atom. The van der Waals surface area contributed by atoms with E-state index in [2.05, 4.69) is 0 Å². The third kappa shape index (κ3) is 3.53. The molecule has 0 saturated heterocycles. The first-order valence-electron chi connectivity index (χ1n) is 10.2. The summed E-state index contributed by atoms with van der Waals surface area (Å²) >= 11 is 0. The van der Waals surface area contributed by atoms with Crippen LogP contribution in [0.3, 0.4) is 0 Å². The summed E-state index contributed by atoms with van der Waals surface area (Å²) in [6.45, 7) is 3.76. The van der Waals surface area contributed by atoms with Gasteiger partial charge in [-0.15, -0.1) is 0 Å². The van der Waals surface area contributed by atoms with E-state index >= 15 is 0 Å². The largest absolute Gasteiger partial charge is 0.501 e. The van der Waals surface area contributed by atoms with Crippen LogP contribution in [0, 0.1) is 17.1 Å². The minimum Gasteiger partial charge on any atom is -0.385 e. The van der Waals surface area contributed by atoms with Crippen molar-refractivity contribution in [2.75, 3.05) is 0 Å². The molecule has 2 aromatic rings. The summed E-state index contributed by atoms with van der Waals surface area (Å²) in [4.78, 5) is -1.17. The van der Waals surface area contributed by atoms with Crippen molar-refractivity contribution in [1.82, 2.24) is 0 Å². The molecule has 0 spiro atoms. The standard InChI is InChI=1S/C23H20F5NO3S/c1-22(2)6-5-14(19-11(10-29)7-12(24)8-16(19)22)13-3-4-18(33(31,32)23(26,27)28)20-15(13)9-17(25)21(20)30/h3-4,7-8,14,17,21,30H,5-6,9H2,1-2H3/t14-,17-,21-/m1/s1. The van der Waals surface area contributed by atoms with E-state index in [0.717, 1.165) is 12.1 Å². The average molecular weight is 485 g/mol. The molecule has 2 aliphatic rings. The highest BCUT2D eigenvalue weighted by molar-refractivity contribution is 7.92. The van der Waals surface area contributed by atoms with Crippen LogP contribution < -0.4 is 0 Å². The second-order valence-corrected chi connectivity index (χ2v) is 11.1. The lowest BCUT2D eigenvalue weighted by atomic mass is 9.65. The smallest absolute Gasteiger partial charge is 0.385 e. The average Bonchev–Trinajstić information content (AvgIpc) is 3.01. The number of nitrogens with zero attached hydrogens (tertiary/aromatic N) is 1. The van der Waals surface area contributed by atoms with Gasteiger partial charge in [0.15, 0.2) is 0 Å². The molecule has 0 bridgehead atoms. The minimum absolute atomic E-state index is 0.0100. The number of hydrogen-bond acceptors (Lipinski definition) is 4. The van der Waals surface area contributed by atoms with Crippen LogP contribution in [0.2, 0.25) is 0 Å². The van der Waals surface area contributed by atoms with Crippen LogP contribution in [-0.4, -0.2) is 25.2 Å². The van der Waals surface area contributed by atoms with E-state index < -0.39 is 61.7 Å². The molecule has 2 aliphatic carbocycles. The van der Waals surface area contributed by atoms with Crippen molar-refractivity contribution in [3.05, 3.63) is 63.5 Å². The summed E-state index contributed by atoms with van der Waals surface area (Å²) in [5, 5.41) is 19.9. The molecule has 33 heavy (non-hydrogen) atoms. The van der Waals surface area contributed by atoms with Gasteiger partial charge in [-0.3, -0.25) is 0 Å². The number of sulfone groups is 1. The Morgan fingerprint density at radius 3 is 2.45 bits per heavy atom. The second-order valence-electron chi connectivity index (χ2n) is 9.16. The monoisotopic (exact) mass is 485 g/mol. The molecule has 0 radical (unpaired) electrons. The van der Waals surface area contributed by atoms with Crippen molar-refractivity contribution in [3.8, 4) is 6.07 Å². The highest BCUT2D eigenvalue weighted by Crippen LogP contribution is 2.51. The topological polar surface area (TPSA) is 78.2 Å². The predicted octanol–water partition coefficient (Wildman–Crippen LogP) is 5.12. The number of halogens is 5. The number of fused-ring (bicyclic) bond motifs is 2. The number of benzene rings is 2. The van der Waals surface area contributed by atoms with Crippen LogP contribution in [0.15, 0.2) is 29.2 Å². The molecule has 0 aromatic heterocycles. The first-order chi connectivity index (χ1) is 15.2. The van der Waals surface area contributed by atoms with Gasteiger partial charge in [0.05, 0.1) is 16.5 Å². The van der Waals surface area contributed by atoms with Gasteiger partial charge in [-0.2, -0.15) is 18.4 Å². The fourth-order valence-electron chi connectivity index (χ4n) is 5.13. The molecular formula is C23H20F5NO3S. The third-order valence-electron chi connectivity index (χ3n) is 6.76. The Hall–Kier alpha value is -2.51. The SMILES string of the molecule is CC1(C)CC[C@H](c2ccc(S(=O)(=O)C(F)(F)F)c3c2C[C@@H](F)[C@H]3O)c2c(C#N)cc(F)cc21. The van der Waals surface area contributed by atoms with Crippen LogP contribution in [0.5, 0.6) is 0 Å². The molecule has 3 atom stereocenters. The Morgan fingerprint density at radius 1 is 1.18 bits per heavy atom. The van der Waals surface area contributed by atoms with E-state index in [1.165, 1.54) is 12.1 Å². The van der Waals surface area contributed by atoms with Gasteiger partial charge < -0.3 is 5.11 Å². The summed E-state index contributed by atoms with van der Waals surface area (Å²) in [6, 6.07) is 6.29. The highest BCUT2D eigenvalue weighted by Gasteiger charge is 2.51. The highest BCUT2D eigenvalue weighted by atomic mass is 32.2. The van der Waals surface area contributed by atoms with Gasteiger partial charge in [0, 0.05) is 17.9 Å². The molecule has 0 fully saturated rings. The molecule has 0 heterocycles. The summed E-state index contributed by atoms with van der Waals surface area (Å²) < 4.78 is 92.8. The molecule has 0 saturated carbocycles. The van der Waals surface area contributed by atoms with Gasteiger partial charge in [-0.05, 0) is 58.7 Å². The van der Waals surface area contributed by atoms with Gasteiger partial charge in [0.1, 0.15) is 18.1 Å². The third-order valence-corrected chi connectivity index (χ3v) is 8.31. The molecule has 4 nitrogen and oxygen atoms in total. The molecule has 10 heteroatoms. The maximum Gasteiger partial charge on any atom is 0.501 e. The quantitative estimate of drug-likeness (QED) is 0.599. The Kier molecular flexibility index (Phi) is 5.37. The van der Waals surface area contributed by atoms with Crippen molar-refractivity contribution < 1.29 is 35.5 Å². The summed E-state index contributed by atoms with van der Waals surface area (Å²) in [7, 11) is -5.83. The van der Waals surface area contributed by atoms with Gasteiger partial charge in [-0.1, -0.05) is 19.9 Å². The molecule has 4 rings (SSSR count). The van der Waals surface area contributed by atoms with Gasteiger partial charge in [0.25, 0.3) is 9.84 Å². The molecule has 1 N–H and O–H groups in total. The zero-order chi connectivity index (χ0) is 24.5. The van der Waals surface area contributed by atoms with Crippen LogP contribution in [0.25, 0.3) is 0 Å². The Balaban J connectivity index is 2.00. The molecule has 176 valence electrons. The first kappa shape index (κ1) is 23.6. The van der Waals surface area contributed by atoms with E-state index in [1.807, 2.05) is 19.9 Å². The molecule has 2 aromatic carbocycles. The van der Waals surface area contributed by atoms with Crippen LogP contribution in [0.1, 0.15) is 72.1 Å². The zero-order valence-corrected chi connectivity index (χ0v) is 18.5. The van der Waals surface area contributed by atoms with Crippen LogP contribution in [0.4, 0.5) is 22.0 Å². The summed E-state index contributed by atoms with van der Waals surface area (Å²) in [6.07, 6.45) is -3.52. The van der Waals surface area contributed by atoms with Crippen molar-refractivity contribution in [2.45, 2.75) is 67.1 Å². The molecule has 0 aliphatic heterocycles. The van der Waals surface area contributed by atoms with E-state index in [9.17, 15) is 40.7 Å². The van der Waals surface area contributed by atoms with Gasteiger partial charge >= 0.3 is 5.51 Å². The van der Waals surface area contributed by atoms with Crippen LogP contribution >= 0.6 is 0 Å². The van der Waals surface area contributed by atoms with Crippen molar-refractivity contribution in [1.29, 1.82) is 5.26 Å². The maximum absolute atomic E-state index is 14.5. The number of rotatable bonds is 2. The zero-order valence-electron chi connectivity index (χ0n) is 17.7. The summed E-state index contributed by atoms with van der Waals surface area (Å²) in [5.41, 5.74) is -5.28. The lowest BCUT2D eigenvalue weighted by Gasteiger charge is -2.38. The molecule has 0 unspecified atom stereocenters. The minimum atomic E-state index is -5.83. The predicted molar refractivity (Wildman–Crippen MR) is 108 cm³/mol. The second kappa shape index (κ2) is 7.50. The number of alkyl halides is 4. The van der Waals surface area contributed by atoms with Crippen molar-refractivity contribution in [2.24, 2.45) is 0 Å². The number of hydrogen-bond donors (Lipinski definition) is 1. The first-order valence-corrected chi connectivity index (χ1v) is 11.7. The fourth-order valence-corrected chi connectivity index (χ4v) is 6.16.